The van der Waals surface area contributed by atoms with E-state index in [0.717, 1.165) is 6.42 Å². The van der Waals surface area contributed by atoms with Crippen LogP contribution in [0.2, 0.25) is 0 Å². The number of hydrogen-bond donors (Lipinski definition) is 0. The van der Waals surface area contributed by atoms with E-state index in [4.69, 9.17) is 10.3 Å². The number of hydrogen-bond acceptors (Lipinski definition) is 2. The van der Waals surface area contributed by atoms with E-state index in [0.29, 0.717) is 6.54 Å². The van der Waals surface area contributed by atoms with Crippen LogP contribution in [0.5, 0.6) is 0 Å². The Morgan fingerprint density at radius 1 is 1.10 bits per heavy atom. The number of ether oxygens (including phenoxy) is 1. The van der Waals surface area contributed by atoms with E-state index in [1.54, 1.807) is 0 Å². The molecule has 1 aliphatic rings. The molecule has 1 atom stereocenters. The van der Waals surface area contributed by atoms with Gasteiger partial charge in [0, 0.05) is 11.5 Å². The lowest BCUT2D eigenvalue weighted by Crippen LogP contribution is -2.14. The van der Waals surface area contributed by atoms with Crippen molar-refractivity contribution in [3.05, 3.63) is 70.1 Å². The molecule has 0 spiro atoms. The fourth-order valence-corrected chi connectivity index (χ4v) is 2.84. The standard InChI is InChI=1S/C17H17N3O/c1-12(10-11-19-20-18)21-17-15-8-4-2-6-13(15)14-7-3-5-9-16(14)17/h2-9,12,17H,10-11H2,1H3. The van der Waals surface area contributed by atoms with Crippen LogP contribution in [-0.2, 0) is 4.74 Å². The predicted octanol–water partition coefficient (Wildman–Crippen LogP) is 4.86. The van der Waals surface area contributed by atoms with E-state index in [-0.39, 0.29) is 12.2 Å². The highest BCUT2D eigenvalue weighted by Gasteiger charge is 2.29. The van der Waals surface area contributed by atoms with Gasteiger partial charge in [-0.2, -0.15) is 0 Å². The maximum Gasteiger partial charge on any atom is 0.109 e. The normalized spacial score (nSPS) is 14.1. The van der Waals surface area contributed by atoms with Crippen molar-refractivity contribution in [1.82, 2.24) is 0 Å². The topological polar surface area (TPSA) is 58.0 Å². The zero-order valence-corrected chi connectivity index (χ0v) is 11.9. The molecule has 1 aliphatic carbocycles. The maximum atomic E-state index is 8.34. The Bertz CT molecular complexity index is 646. The minimum absolute atomic E-state index is 0.0292. The summed E-state index contributed by atoms with van der Waals surface area (Å²) in [5.41, 5.74) is 13.3. The molecule has 0 aliphatic heterocycles. The molecular weight excluding hydrogens is 262 g/mol. The first kappa shape index (κ1) is 13.7. The van der Waals surface area contributed by atoms with Crippen molar-refractivity contribution in [2.75, 3.05) is 6.54 Å². The van der Waals surface area contributed by atoms with E-state index in [1.165, 1.54) is 22.3 Å². The van der Waals surface area contributed by atoms with Gasteiger partial charge in [-0.15, -0.1) is 0 Å². The van der Waals surface area contributed by atoms with Crippen LogP contribution in [0.1, 0.15) is 30.6 Å². The summed E-state index contributed by atoms with van der Waals surface area (Å²) in [5, 5.41) is 3.58. The number of fused-ring (bicyclic) bond motifs is 3. The highest BCUT2D eigenvalue weighted by atomic mass is 16.5. The molecule has 0 aromatic heterocycles. The molecule has 3 rings (SSSR count). The SMILES string of the molecule is CC(CCN=[N+]=[N-])OC1c2ccccc2-c2ccccc21. The van der Waals surface area contributed by atoms with Gasteiger partial charge in [0.25, 0.3) is 0 Å². The Labute approximate surface area is 124 Å². The zero-order chi connectivity index (χ0) is 14.7. The summed E-state index contributed by atoms with van der Waals surface area (Å²) in [6, 6.07) is 16.7. The average Bonchev–Trinajstić information content (AvgIpc) is 2.83. The van der Waals surface area contributed by atoms with Gasteiger partial charge in [0.05, 0.1) is 6.10 Å². The fourth-order valence-electron chi connectivity index (χ4n) is 2.84. The molecule has 0 bridgehead atoms. The maximum absolute atomic E-state index is 8.34. The van der Waals surface area contributed by atoms with Crippen LogP contribution in [0.25, 0.3) is 21.6 Å². The third-order valence-electron chi connectivity index (χ3n) is 3.84. The van der Waals surface area contributed by atoms with Crippen LogP contribution >= 0.6 is 0 Å². The summed E-state index contributed by atoms with van der Waals surface area (Å²) in [7, 11) is 0. The molecule has 0 amide bonds. The minimum atomic E-state index is -0.0292. The highest BCUT2D eigenvalue weighted by molar-refractivity contribution is 5.78. The number of azide groups is 1. The predicted molar refractivity (Wildman–Crippen MR) is 82.9 cm³/mol. The van der Waals surface area contributed by atoms with E-state index < -0.39 is 0 Å². The van der Waals surface area contributed by atoms with Gasteiger partial charge >= 0.3 is 0 Å². The molecule has 0 heterocycles. The lowest BCUT2D eigenvalue weighted by molar-refractivity contribution is 0.0184. The van der Waals surface area contributed by atoms with Gasteiger partial charge in [-0.3, -0.25) is 0 Å². The molecule has 4 heteroatoms. The largest absolute Gasteiger partial charge is 0.366 e. The van der Waals surface area contributed by atoms with Gasteiger partial charge in [-0.05, 0) is 41.1 Å². The smallest absolute Gasteiger partial charge is 0.109 e. The molecule has 0 saturated heterocycles. The lowest BCUT2D eigenvalue weighted by Gasteiger charge is -2.20. The molecule has 106 valence electrons. The van der Waals surface area contributed by atoms with E-state index in [2.05, 4.69) is 46.4 Å². The van der Waals surface area contributed by atoms with Gasteiger partial charge in [0.1, 0.15) is 6.10 Å². The second kappa shape index (κ2) is 6.00. The average molecular weight is 279 g/mol. The molecular formula is C17H17N3O. The summed E-state index contributed by atoms with van der Waals surface area (Å²) in [6.45, 7) is 2.49. The molecule has 21 heavy (non-hydrogen) atoms. The van der Waals surface area contributed by atoms with Gasteiger partial charge in [0.2, 0.25) is 0 Å². The third kappa shape index (κ3) is 2.64. The van der Waals surface area contributed by atoms with E-state index >= 15 is 0 Å². The van der Waals surface area contributed by atoms with Crippen LogP contribution in [0.3, 0.4) is 0 Å². The van der Waals surface area contributed by atoms with Crippen molar-refractivity contribution >= 4 is 0 Å². The quantitative estimate of drug-likeness (QED) is 0.438. The fraction of sp³-hybridized carbons (Fsp3) is 0.294. The van der Waals surface area contributed by atoms with E-state index in [1.807, 2.05) is 19.1 Å². The monoisotopic (exact) mass is 279 g/mol. The Hall–Kier alpha value is -2.29. The molecule has 2 aromatic rings. The van der Waals surface area contributed by atoms with Crippen LogP contribution in [0.15, 0.2) is 53.6 Å². The van der Waals surface area contributed by atoms with Gasteiger partial charge in [-0.1, -0.05) is 53.6 Å². The van der Waals surface area contributed by atoms with Crippen LogP contribution < -0.4 is 0 Å². The second-order valence-corrected chi connectivity index (χ2v) is 5.24. The molecule has 0 N–H and O–H groups in total. The summed E-state index contributed by atoms with van der Waals surface area (Å²) < 4.78 is 6.23. The highest BCUT2D eigenvalue weighted by Crippen LogP contribution is 2.45. The molecule has 1 unspecified atom stereocenters. The number of rotatable bonds is 5. The first-order valence-electron chi connectivity index (χ1n) is 7.16. The van der Waals surface area contributed by atoms with Crippen molar-refractivity contribution in [3.8, 4) is 11.1 Å². The van der Waals surface area contributed by atoms with Gasteiger partial charge in [-0.25, -0.2) is 0 Å². The third-order valence-corrected chi connectivity index (χ3v) is 3.84. The Balaban J connectivity index is 1.86. The van der Waals surface area contributed by atoms with E-state index in [9.17, 15) is 0 Å². The van der Waals surface area contributed by atoms with Gasteiger partial charge < -0.3 is 4.74 Å². The van der Waals surface area contributed by atoms with Crippen molar-refractivity contribution in [2.45, 2.75) is 25.6 Å². The Morgan fingerprint density at radius 3 is 2.24 bits per heavy atom. The number of nitrogens with zero attached hydrogens (tertiary/aromatic N) is 3. The van der Waals surface area contributed by atoms with Crippen LogP contribution in [-0.4, -0.2) is 12.6 Å². The van der Waals surface area contributed by atoms with Crippen molar-refractivity contribution < 1.29 is 4.74 Å². The Morgan fingerprint density at radius 2 is 1.67 bits per heavy atom. The molecule has 0 saturated carbocycles. The Kier molecular flexibility index (Phi) is 3.91. The minimum Gasteiger partial charge on any atom is -0.366 e. The first-order chi connectivity index (χ1) is 10.3. The second-order valence-electron chi connectivity index (χ2n) is 5.24. The number of benzene rings is 2. The summed E-state index contributed by atoms with van der Waals surface area (Å²) in [6.07, 6.45) is 0.739. The summed E-state index contributed by atoms with van der Waals surface area (Å²) in [4.78, 5) is 2.78. The van der Waals surface area contributed by atoms with Crippen LogP contribution in [0.4, 0.5) is 0 Å². The lowest BCUT2D eigenvalue weighted by atomic mass is 10.1. The molecule has 0 radical (unpaired) electrons. The zero-order valence-electron chi connectivity index (χ0n) is 11.9. The van der Waals surface area contributed by atoms with Crippen molar-refractivity contribution in [1.29, 1.82) is 0 Å². The summed E-state index contributed by atoms with van der Waals surface area (Å²) in [5.74, 6) is 0. The van der Waals surface area contributed by atoms with Crippen molar-refractivity contribution in [3.63, 3.8) is 0 Å². The summed E-state index contributed by atoms with van der Waals surface area (Å²) >= 11 is 0. The van der Waals surface area contributed by atoms with Crippen molar-refractivity contribution in [2.24, 2.45) is 5.11 Å². The first-order valence-corrected chi connectivity index (χ1v) is 7.16. The molecule has 0 fully saturated rings. The molecule has 2 aromatic carbocycles. The van der Waals surface area contributed by atoms with Crippen LogP contribution in [0, 0.1) is 0 Å². The van der Waals surface area contributed by atoms with Gasteiger partial charge in [0.15, 0.2) is 0 Å². The molecule has 4 nitrogen and oxygen atoms in total.